The van der Waals surface area contributed by atoms with Crippen LogP contribution in [0.1, 0.15) is 12.5 Å². The molecule has 5 heteroatoms. The lowest BCUT2D eigenvalue weighted by Gasteiger charge is -2.15. The molecule has 106 valence electrons. The van der Waals surface area contributed by atoms with E-state index in [9.17, 15) is 0 Å². The van der Waals surface area contributed by atoms with Crippen molar-refractivity contribution in [3.63, 3.8) is 0 Å². The van der Waals surface area contributed by atoms with Crippen LogP contribution in [0.2, 0.25) is 15.1 Å². The third-order valence-electron chi connectivity index (χ3n) is 2.74. The normalized spacial score (nSPS) is 12.2. The highest BCUT2D eigenvalue weighted by Gasteiger charge is 2.13. The minimum absolute atomic E-state index is 0.0212. The Labute approximate surface area is 133 Å². The molecule has 0 bridgehead atoms. The fourth-order valence-corrected chi connectivity index (χ4v) is 2.41. The van der Waals surface area contributed by atoms with E-state index in [1.165, 1.54) is 0 Å². The van der Waals surface area contributed by atoms with Crippen molar-refractivity contribution >= 4 is 34.8 Å². The van der Waals surface area contributed by atoms with E-state index in [0.717, 1.165) is 5.56 Å². The molecule has 0 aliphatic heterocycles. The summed E-state index contributed by atoms with van der Waals surface area (Å²) >= 11 is 18.3. The second-order valence-electron chi connectivity index (χ2n) is 4.55. The minimum atomic E-state index is -0.0212. The van der Waals surface area contributed by atoms with Crippen molar-refractivity contribution in [1.29, 1.82) is 0 Å². The van der Waals surface area contributed by atoms with Gasteiger partial charge in [0, 0.05) is 16.6 Å². The molecule has 0 amide bonds. The summed E-state index contributed by atoms with van der Waals surface area (Å²) < 4.78 is 5.85. The van der Waals surface area contributed by atoms with Crippen molar-refractivity contribution in [3.8, 4) is 11.5 Å². The lowest BCUT2D eigenvalue weighted by atomic mass is 10.1. The van der Waals surface area contributed by atoms with Crippen LogP contribution in [0.3, 0.4) is 0 Å². The molecule has 0 fully saturated rings. The number of rotatable bonds is 4. The maximum atomic E-state index is 6.22. The standard InChI is InChI=1S/C15H14Cl3NO/c1-9(19)8-10-11(16)4-2-6-13(10)20-14-7-3-5-12(17)15(14)18/h2-7,9H,8,19H2,1H3. The molecule has 2 nitrogen and oxygen atoms in total. The Kier molecular flexibility index (Phi) is 5.17. The van der Waals surface area contributed by atoms with Gasteiger partial charge in [0.15, 0.2) is 0 Å². The molecule has 0 saturated carbocycles. The average Bonchev–Trinajstić information content (AvgIpc) is 2.38. The molecule has 0 spiro atoms. The summed E-state index contributed by atoms with van der Waals surface area (Å²) in [6, 6.07) is 10.7. The topological polar surface area (TPSA) is 35.2 Å². The van der Waals surface area contributed by atoms with Gasteiger partial charge in [0.2, 0.25) is 0 Å². The van der Waals surface area contributed by atoms with Crippen LogP contribution in [0.5, 0.6) is 11.5 Å². The van der Waals surface area contributed by atoms with Gasteiger partial charge in [-0.15, -0.1) is 0 Å². The maximum Gasteiger partial charge on any atom is 0.147 e. The van der Waals surface area contributed by atoms with E-state index in [1.807, 2.05) is 25.1 Å². The third-order valence-corrected chi connectivity index (χ3v) is 3.89. The Hall–Kier alpha value is -0.930. The molecule has 20 heavy (non-hydrogen) atoms. The average molecular weight is 331 g/mol. The minimum Gasteiger partial charge on any atom is -0.455 e. The van der Waals surface area contributed by atoms with Crippen LogP contribution in [0.15, 0.2) is 36.4 Å². The molecule has 0 heterocycles. The Balaban J connectivity index is 2.38. The quantitative estimate of drug-likeness (QED) is 0.822. The van der Waals surface area contributed by atoms with E-state index in [-0.39, 0.29) is 6.04 Å². The highest BCUT2D eigenvalue weighted by molar-refractivity contribution is 6.42. The van der Waals surface area contributed by atoms with E-state index in [1.54, 1.807) is 18.2 Å². The van der Waals surface area contributed by atoms with Crippen molar-refractivity contribution in [2.45, 2.75) is 19.4 Å². The van der Waals surface area contributed by atoms with Crippen molar-refractivity contribution < 1.29 is 4.74 Å². The van der Waals surface area contributed by atoms with Crippen molar-refractivity contribution in [1.82, 2.24) is 0 Å². The second-order valence-corrected chi connectivity index (χ2v) is 5.74. The SMILES string of the molecule is CC(N)Cc1c(Cl)cccc1Oc1cccc(Cl)c1Cl. The van der Waals surface area contributed by atoms with E-state index in [2.05, 4.69) is 0 Å². The maximum absolute atomic E-state index is 6.22. The molecular weight excluding hydrogens is 317 g/mol. The lowest BCUT2D eigenvalue weighted by molar-refractivity contribution is 0.474. The number of benzene rings is 2. The van der Waals surface area contributed by atoms with Crippen LogP contribution < -0.4 is 10.5 Å². The van der Waals surface area contributed by atoms with Crippen LogP contribution >= 0.6 is 34.8 Å². The summed E-state index contributed by atoms with van der Waals surface area (Å²) in [5.41, 5.74) is 6.71. The molecule has 2 rings (SSSR count). The molecule has 0 saturated heterocycles. The monoisotopic (exact) mass is 329 g/mol. The molecule has 2 N–H and O–H groups in total. The summed E-state index contributed by atoms with van der Waals surface area (Å²) in [5.74, 6) is 1.13. The van der Waals surface area contributed by atoms with Crippen molar-refractivity contribution in [3.05, 3.63) is 57.0 Å². The van der Waals surface area contributed by atoms with Crippen molar-refractivity contribution in [2.24, 2.45) is 5.73 Å². The largest absolute Gasteiger partial charge is 0.455 e. The Bertz CT molecular complexity index is 614. The first kappa shape index (κ1) is 15.5. The smallest absolute Gasteiger partial charge is 0.147 e. The molecule has 0 aliphatic carbocycles. The molecular formula is C15H14Cl3NO. The zero-order chi connectivity index (χ0) is 14.7. The Morgan fingerprint density at radius 3 is 2.25 bits per heavy atom. The van der Waals surface area contributed by atoms with E-state index in [0.29, 0.717) is 33.0 Å². The van der Waals surface area contributed by atoms with Gasteiger partial charge in [-0.3, -0.25) is 0 Å². The molecule has 0 radical (unpaired) electrons. The van der Waals surface area contributed by atoms with Crippen molar-refractivity contribution in [2.75, 3.05) is 0 Å². The summed E-state index contributed by atoms with van der Waals surface area (Å²) in [5, 5.41) is 1.44. The zero-order valence-corrected chi connectivity index (χ0v) is 13.1. The molecule has 2 aromatic rings. The first-order valence-corrected chi connectivity index (χ1v) is 7.27. The molecule has 0 aromatic heterocycles. The number of ether oxygens (including phenoxy) is 1. The van der Waals surface area contributed by atoms with Crippen LogP contribution in [0, 0.1) is 0 Å². The molecule has 0 aliphatic rings. The third kappa shape index (κ3) is 3.58. The van der Waals surface area contributed by atoms with Gasteiger partial charge < -0.3 is 10.5 Å². The van der Waals surface area contributed by atoms with Gasteiger partial charge in [-0.1, -0.05) is 46.9 Å². The predicted octanol–water partition coefficient (Wildman–Crippen LogP) is 5.33. The van der Waals surface area contributed by atoms with Crippen LogP contribution in [0.4, 0.5) is 0 Å². The predicted molar refractivity (Wildman–Crippen MR) is 85.3 cm³/mol. The Morgan fingerprint density at radius 1 is 1.00 bits per heavy atom. The fraction of sp³-hybridized carbons (Fsp3) is 0.200. The first-order valence-electron chi connectivity index (χ1n) is 6.14. The van der Waals surface area contributed by atoms with Gasteiger partial charge in [-0.2, -0.15) is 0 Å². The number of hydrogen-bond donors (Lipinski definition) is 1. The van der Waals surface area contributed by atoms with Gasteiger partial charge in [0.05, 0.1) is 5.02 Å². The number of hydrogen-bond acceptors (Lipinski definition) is 2. The first-order chi connectivity index (χ1) is 9.49. The molecule has 1 atom stereocenters. The van der Waals surface area contributed by atoms with E-state index < -0.39 is 0 Å². The summed E-state index contributed by atoms with van der Waals surface area (Å²) in [7, 11) is 0. The molecule has 1 unspecified atom stereocenters. The van der Waals surface area contributed by atoms with E-state index >= 15 is 0 Å². The van der Waals surface area contributed by atoms with Gasteiger partial charge in [0.1, 0.15) is 16.5 Å². The number of halogens is 3. The fourth-order valence-electron chi connectivity index (χ4n) is 1.84. The van der Waals surface area contributed by atoms with E-state index in [4.69, 9.17) is 45.3 Å². The Morgan fingerprint density at radius 2 is 1.60 bits per heavy atom. The van der Waals surface area contributed by atoms with Crippen LogP contribution in [-0.2, 0) is 6.42 Å². The summed E-state index contributed by atoms with van der Waals surface area (Å²) in [6.07, 6.45) is 0.618. The van der Waals surface area contributed by atoms with Crippen LogP contribution in [0.25, 0.3) is 0 Å². The second kappa shape index (κ2) is 6.68. The van der Waals surface area contributed by atoms with Crippen LogP contribution in [-0.4, -0.2) is 6.04 Å². The van der Waals surface area contributed by atoms with Gasteiger partial charge >= 0.3 is 0 Å². The lowest BCUT2D eigenvalue weighted by Crippen LogP contribution is -2.18. The number of nitrogens with two attached hydrogens (primary N) is 1. The zero-order valence-electron chi connectivity index (χ0n) is 10.9. The van der Waals surface area contributed by atoms with Gasteiger partial charge in [-0.05, 0) is 37.6 Å². The van der Waals surface area contributed by atoms with Gasteiger partial charge in [0.25, 0.3) is 0 Å². The summed E-state index contributed by atoms with van der Waals surface area (Å²) in [4.78, 5) is 0. The summed E-state index contributed by atoms with van der Waals surface area (Å²) in [6.45, 7) is 1.92. The molecule has 2 aromatic carbocycles. The highest BCUT2D eigenvalue weighted by Crippen LogP contribution is 2.37. The highest BCUT2D eigenvalue weighted by atomic mass is 35.5. The van der Waals surface area contributed by atoms with Gasteiger partial charge in [-0.25, -0.2) is 0 Å².